The van der Waals surface area contributed by atoms with Gasteiger partial charge < -0.3 is 14.9 Å². The minimum Gasteiger partial charge on any atom is -0.481 e. The molecule has 28 heavy (non-hydrogen) atoms. The van der Waals surface area contributed by atoms with Gasteiger partial charge in [0.1, 0.15) is 0 Å². The Hall–Kier alpha value is -2.37. The Morgan fingerprint density at radius 1 is 1.18 bits per heavy atom. The summed E-state index contributed by atoms with van der Waals surface area (Å²) in [7, 11) is 0. The lowest BCUT2D eigenvalue weighted by atomic mass is 9.90. The lowest BCUT2D eigenvalue weighted by Gasteiger charge is -2.37. The van der Waals surface area contributed by atoms with Crippen molar-refractivity contribution in [3.8, 4) is 0 Å². The van der Waals surface area contributed by atoms with Crippen LogP contribution in [-0.4, -0.2) is 52.3 Å². The summed E-state index contributed by atoms with van der Waals surface area (Å²) in [6.45, 7) is 7.70. The highest BCUT2D eigenvalue weighted by atomic mass is 16.4. The van der Waals surface area contributed by atoms with Crippen LogP contribution in [0.15, 0.2) is 30.3 Å². The molecule has 0 bridgehead atoms. The Morgan fingerprint density at radius 2 is 1.86 bits per heavy atom. The molecule has 1 unspecified atom stereocenters. The number of piperidine rings is 1. The standard InChI is InChI=1S/C22H32N2O4/c1-22(2,3)21(28)24-14-7-11-18(16-24)20(27)23(13-8-12-19(25)26)15-17-9-5-4-6-10-17/h4-6,9-10,18H,7-8,11-16H2,1-3H3,(H,25,26). The number of amides is 2. The Morgan fingerprint density at radius 3 is 2.46 bits per heavy atom. The molecule has 6 nitrogen and oxygen atoms in total. The molecule has 1 aromatic carbocycles. The number of aliphatic carboxylic acids is 1. The largest absolute Gasteiger partial charge is 0.481 e. The van der Waals surface area contributed by atoms with Gasteiger partial charge in [-0.25, -0.2) is 0 Å². The Kier molecular flexibility index (Phi) is 7.61. The van der Waals surface area contributed by atoms with Gasteiger partial charge in [-0.2, -0.15) is 0 Å². The monoisotopic (exact) mass is 388 g/mol. The molecule has 1 N–H and O–H groups in total. The number of rotatable bonds is 7. The molecule has 6 heteroatoms. The summed E-state index contributed by atoms with van der Waals surface area (Å²) in [6, 6.07) is 9.72. The Bertz CT molecular complexity index is 682. The fourth-order valence-electron chi connectivity index (χ4n) is 3.59. The molecule has 1 fully saturated rings. The van der Waals surface area contributed by atoms with E-state index in [1.807, 2.05) is 56.0 Å². The van der Waals surface area contributed by atoms with Crippen LogP contribution in [0.4, 0.5) is 0 Å². The first kappa shape index (κ1) is 21.9. The fourth-order valence-corrected chi connectivity index (χ4v) is 3.59. The van der Waals surface area contributed by atoms with Crippen molar-refractivity contribution in [1.29, 1.82) is 0 Å². The molecule has 0 spiro atoms. The Balaban J connectivity index is 2.08. The molecule has 1 aromatic rings. The SMILES string of the molecule is CC(C)(C)C(=O)N1CCCC(C(=O)N(CCCC(=O)O)Cc2ccccc2)C1. The molecule has 1 aliphatic rings. The van der Waals surface area contributed by atoms with E-state index in [4.69, 9.17) is 5.11 Å². The molecule has 1 atom stereocenters. The van der Waals surface area contributed by atoms with E-state index >= 15 is 0 Å². The molecule has 0 saturated carbocycles. The zero-order valence-electron chi connectivity index (χ0n) is 17.2. The van der Waals surface area contributed by atoms with Crippen LogP contribution in [0.1, 0.15) is 52.0 Å². The van der Waals surface area contributed by atoms with E-state index in [-0.39, 0.29) is 24.2 Å². The summed E-state index contributed by atoms with van der Waals surface area (Å²) >= 11 is 0. The van der Waals surface area contributed by atoms with Gasteiger partial charge in [0.25, 0.3) is 0 Å². The Labute approximate surface area is 167 Å². The molecule has 0 aliphatic carbocycles. The van der Waals surface area contributed by atoms with Crippen LogP contribution in [0, 0.1) is 11.3 Å². The number of carboxylic acids is 1. The van der Waals surface area contributed by atoms with E-state index < -0.39 is 11.4 Å². The van der Waals surface area contributed by atoms with Crippen LogP contribution in [-0.2, 0) is 20.9 Å². The number of carboxylic acid groups (broad SMARTS) is 1. The van der Waals surface area contributed by atoms with Crippen LogP contribution in [0.2, 0.25) is 0 Å². The maximum atomic E-state index is 13.2. The predicted octanol–water partition coefficient (Wildman–Crippen LogP) is 3.16. The highest BCUT2D eigenvalue weighted by Crippen LogP contribution is 2.25. The van der Waals surface area contributed by atoms with E-state index in [0.717, 1.165) is 18.4 Å². The number of likely N-dealkylation sites (tertiary alicyclic amines) is 1. The van der Waals surface area contributed by atoms with Crippen molar-refractivity contribution in [3.05, 3.63) is 35.9 Å². The van der Waals surface area contributed by atoms with Gasteiger partial charge in [0, 0.05) is 38.0 Å². The third-order valence-corrected chi connectivity index (χ3v) is 5.05. The first-order chi connectivity index (χ1) is 13.2. The molecular weight excluding hydrogens is 356 g/mol. The first-order valence-electron chi connectivity index (χ1n) is 10.0. The van der Waals surface area contributed by atoms with Gasteiger partial charge in [0.15, 0.2) is 0 Å². The topological polar surface area (TPSA) is 77.9 Å². The van der Waals surface area contributed by atoms with Crippen molar-refractivity contribution in [1.82, 2.24) is 9.80 Å². The maximum absolute atomic E-state index is 13.2. The van der Waals surface area contributed by atoms with E-state index in [2.05, 4.69) is 0 Å². The highest BCUT2D eigenvalue weighted by Gasteiger charge is 2.34. The van der Waals surface area contributed by atoms with Crippen LogP contribution in [0.3, 0.4) is 0 Å². The zero-order valence-corrected chi connectivity index (χ0v) is 17.2. The van der Waals surface area contributed by atoms with Crippen LogP contribution in [0.5, 0.6) is 0 Å². The molecule has 1 aliphatic heterocycles. The molecule has 1 saturated heterocycles. The number of benzene rings is 1. The lowest BCUT2D eigenvalue weighted by Crippen LogP contribution is -2.49. The molecule has 2 rings (SSSR count). The minimum atomic E-state index is -0.855. The molecule has 154 valence electrons. The number of nitrogens with zero attached hydrogens (tertiary/aromatic N) is 2. The van der Waals surface area contributed by atoms with Gasteiger partial charge in [0.05, 0.1) is 5.92 Å². The van der Waals surface area contributed by atoms with Gasteiger partial charge in [-0.3, -0.25) is 14.4 Å². The van der Waals surface area contributed by atoms with Gasteiger partial charge in [-0.1, -0.05) is 51.1 Å². The maximum Gasteiger partial charge on any atom is 0.303 e. The van der Waals surface area contributed by atoms with E-state index in [1.165, 1.54) is 0 Å². The van der Waals surface area contributed by atoms with Crippen molar-refractivity contribution < 1.29 is 19.5 Å². The summed E-state index contributed by atoms with van der Waals surface area (Å²) in [5, 5.41) is 8.93. The fraction of sp³-hybridized carbons (Fsp3) is 0.591. The third kappa shape index (κ3) is 6.36. The predicted molar refractivity (Wildman–Crippen MR) is 107 cm³/mol. The molecule has 0 aromatic heterocycles. The van der Waals surface area contributed by atoms with Crippen molar-refractivity contribution >= 4 is 17.8 Å². The average molecular weight is 389 g/mol. The van der Waals surface area contributed by atoms with Crippen LogP contribution >= 0.6 is 0 Å². The van der Waals surface area contributed by atoms with E-state index in [0.29, 0.717) is 32.6 Å². The first-order valence-corrected chi connectivity index (χ1v) is 10.0. The minimum absolute atomic E-state index is 0.0145. The number of carbonyl (C=O) groups excluding carboxylic acids is 2. The van der Waals surface area contributed by atoms with Crippen LogP contribution < -0.4 is 0 Å². The number of hydrogen-bond acceptors (Lipinski definition) is 3. The summed E-state index contributed by atoms with van der Waals surface area (Å²) in [6.07, 6.45) is 2.03. The van der Waals surface area contributed by atoms with Gasteiger partial charge in [-0.05, 0) is 24.8 Å². The molecule has 1 heterocycles. The summed E-state index contributed by atoms with van der Waals surface area (Å²) in [5.41, 5.74) is 0.556. The second kappa shape index (κ2) is 9.71. The molecule has 0 radical (unpaired) electrons. The van der Waals surface area contributed by atoms with Crippen molar-refractivity contribution in [2.45, 2.75) is 53.0 Å². The normalized spacial score (nSPS) is 17.2. The van der Waals surface area contributed by atoms with Crippen molar-refractivity contribution in [3.63, 3.8) is 0 Å². The zero-order chi connectivity index (χ0) is 20.7. The summed E-state index contributed by atoms with van der Waals surface area (Å²) in [4.78, 5) is 40.3. The van der Waals surface area contributed by atoms with Gasteiger partial charge in [-0.15, -0.1) is 0 Å². The van der Waals surface area contributed by atoms with Crippen molar-refractivity contribution in [2.24, 2.45) is 11.3 Å². The molecule has 2 amide bonds. The third-order valence-electron chi connectivity index (χ3n) is 5.05. The highest BCUT2D eigenvalue weighted by molar-refractivity contribution is 5.84. The van der Waals surface area contributed by atoms with Gasteiger partial charge >= 0.3 is 5.97 Å². The van der Waals surface area contributed by atoms with E-state index in [9.17, 15) is 14.4 Å². The van der Waals surface area contributed by atoms with E-state index in [1.54, 1.807) is 4.90 Å². The lowest BCUT2D eigenvalue weighted by molar-refractivity contribution is -0.146. The quantitative estimate of drug-likeness (QED) is 0.778. The van der Waals surface area contributed by atoms with Gasteiger partial charge in [0.2, 0.25) is 11.8 Å². The smallest absolute Gasteiger partial charge is 0.303 e. The summed E-state index contributed by atoms with van der Waals surface area (Å²) < 4.78 is 0. The van der Waals surface area contributed by atoms with Crippen molar-refractivity contribution in [2.75, 3.05) is 19.6 Å². The second-order valence-corrected chi connectivity index (χ2v) is 8.58. The second-order valence-electron chi connectivity index (χ2n) is 8.58. The summed E-state index contributed by atoms with van der Waals surface area (Å²) in [5.74, 6) is -0.994. The number of carbonyl (C=O) groups is 3. The average Bonchev–Trinajstić information content (AvgIpc) is 2.66. The van der Waals surface area contributed by atoms with Crippen LogP contribution in [0.25, 0.3) is 0 Å². The number of hydrogen-bond donors (Lipinski definition) is 1. The molecular formula is C22H32N2O4.